The molecule has 0 aliphatic carbocycles. The highest BCUT2D eigenvalue weighted by molar-refractivity contribution is 6.30. The Morgan fingerprint density at radius 2 is 1.86 bits per heavy atom. The Hall–Kier alpha value is -2.08. The summed E-state index contributed by atoms with van der Waals surface area (Å²) in [4.78, 5) is 15.1. The van der Waals surface area contributed by atoms with Crippen LogP contribution in [-0.4, -0.2) is 32.3 Å². The molecule has 0 unspecified atom stereocenters. The van der Waals surface area contributed by atoms with Crippen LogP contribution in [0, 0.1) is 13.8 Å². The van der Waals surface area contributed by atoms with Gasteiger partial charge in [-0.2, -0.15) is 0 Å². The molecule has 1 fully saturated rings. The van der Waals surface area contributed by atoms with E-state index in [-0.39, 0.29) is 5.91 Å². The van der Waals surface area contributed by atoms with Gasteiger partial charge in [-0.15, -0.1) is 0 Å². The number of amides is 1. The molecule has 0 bridgehead atoms. The highest BCUT2D eigenvalue weighted by atomic mass is 35.5. The third kappa shape index (κ3) is 3.39. The summed E-state index contributed by atoms with van der Waals surface area (Å²) in [6, 6.07) is 11.4. The normalized spacial score (nSPS) is 17.8. The van der Waals surface area contributed by atoms with Crippen molar-refractivity contribution in [2.75, 3.05) is 31.3 Å². The smallest absolute Gasteiger partial charge is 0.292 e. The van der Waals surface area contributed by atoms with Crippen molar-refractivity contribution in [2.45, 2.75) is 32.5 Å². The van der Waals surface area contributed by atoms with Crippen molar-refractivity contribution in [3.63, 3.8) is 0 Å². The minimum Gasteiger partial charge on any atom is -0.494 e. The fourth-order valence-corrected chi connectivity index (χ4v) is 4.06. The summed E-state index contributed by atoms with van der Waals surface area (Å²) in [5.74, 6) is -0.663. The molecular weight excluding hydrogens is 378 g/mol. The van der Waals surface area contributed by atoms with Gasteiger partial charge < -0.3 is 19.1 Å². The standard InChI is InChI=1S/C22H24ClNO4/c1-15-13-16(2)20-19(14-15)22(27-11-4-12-28-22)21(25)24(20)9-3-10-26-18-7-5-17(23)6-8-18/h5-8,13-14H,3-4,9-12H2,1-2H3. The second-order valence-electron chi connectivity index (χ2n) is 7.26. The molecule has 148 valence electrons. The Morgan fingerprint density at radius 3 is 2.57 bits per heavy atom. The van der Waals surface area contributed by atoms with Crippen LogP contribution in [0.15, 0.2) is 36.4 Å². The van der Waals surface area contributed by atoms with Crippen LogP contribution in [0.1, 0.15) is 29.5 Å². The van der Waals surface area contributed by atoms with Crippen molar-refractivity contribution in [3.8, 4) is 5.75 Å². The molecule has 1 spiro atoms. The number of halogens is 1. The van der Waals surface area contributed by atoms with Gasteiger partial charge in [0.05, 0.1) is 25.5 Å². The first-order valence-corrected chi connectivity index (χ1v) is 9.99. The molecule has 0 radical (unpaired) electrons. The predicted molar refractivity (Wildman–Crippen MR) is 108 cm³/mol. The molecule has 0 aromatic heterocycles. The van der Waals surface area contributed by atoms with Crippen LogP contribution in [0.4, 0.5) is 5.69 Å². The first-order chi connectivity index (χ1) is 13.5. The molecule has 2 aromatic carbocycles. The minimum absolute atomic E-state index is 0.137. The number of ether oxygens (including phenoxy) is 3. The van der Waals surface area contributed by atoms with Gasteiger partial charge in [-0.25, -0.2) is 0 Å². The topological polar surface area (TPSA) is 48.0 Å². The van der Waals surface area contributed by atoms with Crippen molar-refractivity contribution in [1.82, 2.24) is 0 Å². The molecule has 6 heteroatoms. The number of fused-ring (bicyclic) bond motifs is 2. The van der Waals surface area contributed by atoms with Crippen molar-refractivity contribution < 1.29 is 19.0 Å². The fourth-order valence-electron chi connectivity index (χ4n) is 3.93. The number of hydrogen-bond donors (Lipinski definition) is 0. The fraction of sp³-hybridized carbons (Fsp3) is 0.409. The van der Waals surface area contributed by atoms with E-state index in [1.807, 2.05) is 32.0 Å². The van der Waals surface area contributed by atoms with Crippen molar-refractivity contribution in [3.05, 3.63) is 58.1 Å². The molecule has 2 aromatic rings. The average Bonchev–Trinajstić information content (AvgIpc) is 2.90. The van der Waals surface area contributed by atoms with Gasteiger partial charge in [0, 0.05) is 17.1 Å². The van der Waals surface area contributed by atoms with Crippen LogP contribution in [0.3, 0.4) is 0 Å². The van der Waals surface area contributed by atoms with E-state index in [1.165, 1.54) is 0 Å². The van der Waals surface area contributed by atoms with Gasteiger partial charge in [0.2, 0.25) is 0 Å². The molecule has 1 amide bonds. The van der Waals surface area contributed by atoms with E-state index < -0.39 is 5.79 Å². The van der Waals surface area contributed by atoms with Crippen LogP contribution < -0.4 is 9.64 Å². The maximum atomic E-state index is 13.3. The molecule has 0 N–H and O–H groups in total. The van der Waals surface area contributed by atoms with Gasteiger partial charge in [-0.05, 0) is 62.6 Å². The Kier molecular flexibility index (Phi) is 5.32. The van der Waals surface area contributed by atoms with Gasteiger partial charge in [0.1, 0.15) is 5.75 Å². The lowest BCUT2D eigenvalue weighted by Gasteiger charge is -2.32. The molecule has 2 heterocycles. The van der Waals surface area contributed by atoms with Crippen molar-refractivity contribution in [2.24, 2.45) is 0 Å². The Labute approximate surface area is 170 Å². The summed E-state index contributed by atoms with van der Waals surface area (Å²) >= 11 is 5.90. The zero-order chi connectivity index (χ0) is 19.7. The van der Waals surface area contributed by atoms with Crippen LogP contribution in [0.5, 0.6) is 5.75 Å². The third-order valence-electron chi connectivity index (χ3n) is 5.10. The number of hydrogen-bond acceptors (Lipinski definition) is 4. The second-order valence-corrected chi connectivity index (χ2v) is 7.69. The van der Waals surface area contributed by atoms with Gasteiger partial charge in [-0.3, -0.25) is 4.79 Å². The molecule has 5 nitrogen and oxygen atoms in total. The SMILES string of the molecule is Cc1cc(C)c2c(c1)C1(OCCCO1)C(=O)N2CCCOc1ccc(Cl)cc1. The van der Waals surface area contributed by atoms with E-state index in [9.17, 15) is 4.79 Å². The number of anilines is 1. The van der Waals surface area contributed by atoms with E-state index >= 15 is 0 Å². The lowest BCUT2D eigenvalue weighted by molar-refractivity contribution is -0.256. The van der Waals surface area contributed by atoms with Crippen molar-refractivity contribution in [1.29, 1.82) is 0 Å². The molecule has 0 atom stereocenters. The molecule has 1 saturated heterocycles. The van der Waals surface area contributed by atoms with Crippen LogP contribution in [0.25, 0.3) is 0 Å². The van der Waals surface area contributed by atoms with Crippen LogP contribution in [-0.2, 0) is 20.1 Å². The summed E-state index contributed by atoms with van der Waals surface area (Å²) in [6.45, 7) is 6.13. The average molecular weight is 402 g/mol. The predicted octanol–water partition coefficient (Wildman–Crippen LogP) is 4.36. The molecule has 2 aliphatic rings. The molecule has 0 saturated carbocycles. The largest absolute Gasteiger partial charge is 0.494 e. The monoisotopic (exact) mass is 401 g/mol. The number of aryl methyl sites for hydroxylation is 2. The first-order valence-electron chi connectivity index (χ1n) is 9.61. The Morgan fingerprint density at radius 1 is 1.14 bits per heavy atom. The van der Waals surface area contributed by atoms with E-state index in [4.69, 9.17) is 25.8 Å². The number of nitrogens with zero attached hydrogens (tertiary/aromatic N) is 1. The minimum atomic E-state index is -1.29. The zero-order valence-corrected chi connectivity index (χ0v) is 16.9. The number of carbonyl (C=O) groups excluding carboxylic acids is 1. The third-order valence-corrected chi connectivity index (χ3v) is 5.36. The lowest BCUT2D eigenvalue weighted by Crippen LogP contribution is -2.47. The van der Waals surface area contributed by atoms with Crippen LogP contribution >= 0.6 is 11.6 Å². The molecule has 2 aliphatic heterocycles. The highest BCUT2D eigenvalue weighted by Crippen LogP contribution is 2.47. The number of carbonyl (C=O) groups is 1. The van der Waals surface area contributed by atoms with Gasteiger partial charge in [-0.1, -0.05) is 23.2 Å². The number of rotatable bonds is 5. The quantitative estimate of drug-likeness (QED) is 0.698. The lowest BCUT2D eigenvalue weighted by atomic mass is 10.00. The van der Waals surface area contributed by atoms with Gasteiger partial charge in [0.25, 0.3) is 11.7 Å². The molecular formula is C22H24ClNO4. The Balaban J connectivity index is 1.51. The summed E-state index contributed by atoms with van der Waals surface area (Å²) in [6.07, 6.45) is 1.49. The van der Waals surface area contributed by atoms with E-state index in [1.54, 1.807) is 17.0 Å². The van der Waals surface area contributed by atoms with E-state index in [2.05, 4.69) is 6.07 Å². The Bertz CT molecular complexity index is 875. The maximum Gasteiger partial charge on any atom is 0.292 e. The summed E-state index contributed by atoms with van der Waals surface area (Å²) in [7, 11) is 0. The first kappa shape index (κ1) is 19.2. The highest BCUT2D eigenvalue weighted by Gasteiger charge is 2.55. The molecule has 28 heavy (non-hydrogen) atoms. The maximum absolute atomic E-state index is 13.3. The second kappa shape index (κ2) is 7.74. The summed E-state index contributed by atoms with van der Waals surface area (Å²) < 4.78 is 17.6. The van der Waals surface area contributed by atoms with Gasteiger partial charge in [0.15, 0.2) is 0 Å². The van der Waals surface area contributed by atoms with E-state index in [0.717, 1.165) is 34.5 Å². The molecule has 4 rings (SSSR count). The summed E-state index contributed by atoms with van der Waals surface area (Å²) in [5.41, 5.74) is 3.88. The van der Waals surface area contributed by atoms with Crippen LogP contribution in [0.2, 0.25) is 5.02 Å². The van der Waals surface area contributed by atoms with Gasteiger partial charge >= 0.3 is 0 Å². The number of benzene rings is 2. The van der Waals surface area contributed by atoms with Crippen molar-refractivity contribution >= 4 is 23.2 Å². The summed E-state index contributed by atoms with van der Waals surface area (Å²) in [5, 5.41) is 0.676. The zero-order valence-electron chi connectivity index (χ0n) is 16.2. The van der Waals surface area contributed by atoms with E-state index in [0.29, 0.717) is 37.8 Å².